The van der Waals surface area contributed by atoms with Crippen LogP contribution in [0.2, 0.25) is 0 Å². The van der Waals surface area contributed by atoms with Gasteiger partial charge in [-0.2, -0.15) is 0 Å². The Labute approximate surface area is 155 Å². The molecule has 1 aromatic rings. The standard InChI is InChI=1S/C15H24N4O2S.HI/c1-15(2,18-22(4,20)21)11-17-14(16-3)19-10-9-12-7-5-6-8-13(12)19;/h5-8,18H,9-11H2,1-4H3,(H,16,17);1H. The lowest BCUT2D eigenvalue weighted by Gasteiger charge is -2.29. The van der Waals surface area contributed by atoms with E-state index in [-0.39, 0.29) is 24.0 Å². The molecule has 0 aliphatic carbocycles. The Bertz CT molecular complexity index is 674. The average molecular weight is 452 g/mol. The van der Waals surface area contributed by atoms with Gasteiger partial charge in [0.25, 0.3) is 0 Å². The number of nitrogens with zero attached hydrogens (tertiary/aromatic N) is 2. The maximum absolute atomic E-state index is 11.4. The van der Waals surface area contributed by atoms with Crippen molar-refractivity contribution in [1.29, 1.82) is 0 Å². The highest BCUT2D eigenvalue weighted by molar-refractivity contribution is 14.0. The molecule has 0 unspecified atom stereocenters. The van der Waals surface area contributed by atoms with Gasteiger partial charge in [0, 0.05) is 31.4 Å². The smallest absolute Gasteiger partial charge is 0.209 e. The molecule has 1 aromatic carbocycles. The van der Waals surface area contributed by atoms with Gasteiger partial charge in [-0.05, 0) is 31.9 Å². The molecule has 1 aliphatic rings. The fraction of sp³-hybridized carbons (Fsp3) is 0.533. The summed E-state index contributed by atoms with van der Waals surface area (Å²) < 4.78 is 25.4. The van der Waals surface area contributed by atoms with Crippen LogP contribution >= 0.6 is 24.0 Å². The summed E-state index contributed by atoms with van der Waals surface area (Å²) >= 11 is 0. The largest absolute Gasteiger partial charge is 0.354 e. The number of rotatable bonds is 4. The Morgan fingerprint density at radius 2 is 2.00 bits per heavy atom. The van der Waals surface area contributed by atoms with Gasteiger partial charge >= 0.3 is 0 Å². The molecule has 6 nitrogen and oxygen atoms in total. The SMILES string of the molecule is CN=C(NCC(C)(C)NS(C)(=O)=O)N1CCc2ccccc21.I. The minimum atomic E-state index is -3.25. The van der Waals surface area contributed by atoms with Crippen LogP contribution in [0.15, 0.2) is 29.3 Å². The molecule has 0 aromatic heterocycles. The molecule has 0 fully saturated rings. The van der Waals surface area contributed by atoms with E-state index in [9.17, 15) is 8.42 Å². The molecule has 0 bridgehead atoms. The molecule has 23 heavy (non-hydrogen) atoms. The van der Waals surface area contributed by atoms with Crippen LogP contribution < -0.4 is 14.9 Å². The van der Waals surface area contributed by atoms with Crippen LogP contribution in [0.1, 0.15) is 19.4 Å². The van der Waals surface area contributed by atoms with E-state index in [1.807, 2.05) is 26.0 Å². The first-order chi connectivity index (χ1) is 10.2. The van der Waals surface area contributed by atoms with E-state index in [2.05, 4.69) is 32.1 Å². The summed E-state index contributed by atoms with van der Waals surface area (Å²) in [6, 6.07) is 8.25. The molecule has 2 rings (SSSR count). The van der Waals surface area contributed by atoms with Crippen molar-refractivity contribution >= 4 is 45.6 Å². The van der Waals surface area contributed by atoms with E-state index in [1.165, 1.54) is 11.8 Å². The summed E-state index contributed by atoms with van der Waals surface area (Å²) in [7, 11) is -1.51. The highest BCUT2D eigenvalue weighted by atomic mass is 127. The Hall–Kier alpha value is -0.870. The normalized spacial score (nSPS) is 15.1. The number of para-hydroxylation sites is 1. The van der Waals surface area contributed by atoms with E-state index < -0.39 is 15.6 Å². The van der Waals surface area contributed by atoms with Gasteiger partial charge in [-0.25, -0.2) is 13.1 Å². The number of anilines is 1. The lowest BCUT2D eigenvalue weighted by Crippen LogP contribution is -2.53. The molecule has 0 saturated carbocycles. The number of aliphatic imine (C=N–C) groups is 1. The number of hydrogen-bond acceptors (Lipinski definition) is 3. The summed E-state index contributed by atoms with van der Waals surface area (Å²) in [6.45, 7) is 5.00. The van der Waals surface area contributed by atoms with Gasteiger partial charge in [-0.1, -0.05) is 18.2 Å². The van der Waals surface area contributed by atoms with Crippen LogP contribution in [0.4, 0.5) is 5.69 Å². The van der Waals surface area contributed by atoms with Gasteiger partial charge in [0.15, 0.2) is 5.96 Å². The molecule has 8 heteroatoms. The number of halogens is 1. The fourth-order valence-corrected chi connectivity index (χ4v) is 3.77. The molecule has 1 heterocycles. The Balaban J connectivity index is 0.00000264. The van der Waals surface area contributed by atoms with Crippen molar-refractivity contribution in [2.75, 3.05) is 31.3 Å². The number of nitrogens with one attached hydrogen (secondary N) is 2. The maximum Gasteiger partial charge on any atom is 0.209 e. The van der Waals surface area contributed by atoms with Crippen molar-refractivity contribution in [1.82, 2.24) is 10.0 Å². The molecule has 1 aliphatic heterocycles. The van der Waals surface area contributed by atoms with E-state index in [0.717, 1.165) is 24.6 Å². The first-order valence-electron chi connectivity index (χ1n) is 7.27. The van der Waals surface area contributed by atoms with E-state index in [4.69, 9.17) is 0 Å². The minimum Gasteiger partial charge on any atom is -0.354 e. The molecular weight excluding hydrogens is 427 g/mol. The quantitative estimate of drug-likeness (QED) is 0.413. The molecule has 0 spiro atoms. The van der Waals surface area contributed by atoms with Gasteiger partial charge in [0.1, 0.15) is 0 Å². The third kappa shape index (κ3) is 5.61. The highest BCUT2D eigenvalue weighted by Gasteiger charge is 2.26. The summed E-state index contributed by atoms with van der Waals surface area (Å²) in [5.41, 5.74) is 1.87. The zero-order valence-corrected chi connectivity index (χ0v) is 17.1. The van der Waals surface area contributed by atoms with Crippen molar-refractivity contribution in [3.63, 3.8) is 0 Å². The first kappa shape index (κ1) is 20.2. The van der Waals surface area contributed by atoms with Crippen molar-refractivity contribution in [2.24, 2.45) is 4.99 Å². The van der Waals surface area contributed by atoms with Crippen LogP contribution in [0.5, 0.6) is 0 Å². The predicted molar refractivity (Wildman–Crippen MR) is 106 cm³/mol. The van der Waals surface area contributed by atoms with Gasteiger partial charge in [-0.15, -0.1) is 24.0 Å². The molecule has 0 amide bonds. The molecule has 2 N–H and O–H groups in total. The second-order valence-corrected chi connectivity index (χ2v) is 7.94. The topological polar surface area (TPSA) is 73.8 Å². The van der Waals surface area contributed by atoms with Crippen molar-refractivity contribution in [2.45, 2.75) is 25.8 Å². The summed E-state index contributed by atoms with van der Waals surface area (Å²) in [5, 5.41) is 3.26. The predicted octanol–water partition coefficient (Wildman–Crippen LogP) is 1.57. The minimum absolute atomic E-state index is 0. The molecule has 0 atom stereocenters. The van der Waals surface area contributed by atoms with E-state index in [0.29, 0.717) is 6.54 Å². The zero-order valence-electron chi connectivity index (χ0n) is 14.0. The number of fused-ring (bicyclic) bond motifs is 1. The Kier molecular flexibility index (Phi) is 6.84. The number of hydrogen-bond donors (Lipinski definition) is 2. The fourth-order valence-electron chi connectivity index (χ4n) is 2.69. The number of sulfonamides is 1. The Morgan fingerprint density at radius 1 is 1.35 bits per heavy atom. The third-order valence-corrected chi connectivity index (χ3v) is 4.43. The maximum atomic E-state index is 11.4. The zero-order chi connectivity index (χ0) is 16.4. The monoisotopic (exact) mass is 452 g/mol. The third-order valence-electron chi connectivity index (χ3n) is 3.50. The van der Waals surface area contributed by atoms with E-state index in [1.54, 1.807) is 7.05 Å². The van der Waals surface area contributed by atoms with Crippen LogP contribution in [-0.2, 0) is 16.4 Å². The highest BCUT2D eigenvalue weighted by Crippen LogP contribution is 2.27. The van der Waals surface area contributed by atoms with Crippen LogP contribution in [0, 0.1) is 0 Å². The molecule has 0 radical (unpaired) electrons. The molecule has 0 saturated heterocycles. The van der Waals surface area contributed by atoms with Crippen molar-refractivity contribution in [3.05, 3.63) is 29.8 Å². The van der Waals surface area contributed by atoms with Crippen molar-refractivity contribution in [3.8, 4) is 0 Å². The van der Waals surface area contributed by atoms with Gasteiger partial charge < -0.3 is 10.2 Å². The summed E-state index contributed by atoms with van der Waals surface area (Å²) in [5.74, 6) is 0.758. The summed E-state index contributed by atoms with van der Waals surface area (Å²) in [6.07, 6.45) is 2.15. The van der Waals surface area contributed by atoms with Gasteiger partial charge in [-0.3, -0.25) is 4.99 Å². The summed E-state index contributed by atoms with van der Waals surface area (Å²) in [4.78, 5) is 6.45. The molecular formula is C15H25IN4O2S. The van der Waals surface area contributed by atoms with Gasteiger partial charge in [0.2, 0.25) is 10.0 Å². The second kappa shape index (κ2) is 7.80. The van der Waals surface area contributed by atoms with Crippen LogP contribution in [-0.4, -0.2) is 46.3 Å². The Morgan fingerprint density at radius 3 is 2.61 bits per heavy atom. The van der Waals surface area contributed by atoms with Crippen LogP contribution in [0.25, 0.3) is 0 Å². The van der Waals surface area contributed by atoms with Crippen molar-refractivity contribution < 1.29 is 8.42 Å². The molecule has 130 valence electrons. The first-order valence-corrected chi connectivity index (χ1v) is 9.16. The average Bonchev–Trinajstić information content (AvgIpc) is 2.81. The number of benzene rings is 1. The van der Waals surface area contributed by atoms with Gasteiger partial charge in [0.05, 0.1) is 6.26 Å². The lowest BCUT2D eigenvalue weighted by atomic mass is 10.1. The number of guanidine groups is 1. The van der Waals surface area contributed by atoms with Crippen LogP contribution in [0.3, 0.4) is 0 Å². The lowest BCUT2D eigenvalue weighted by molar-refractivity contribution is 0.448. The second-order valence-electron chi connectivity index (χ2n) is 6.19. The van der Waals surface area contributed by atoms with E-state index >= 15 is 0 Å².